The number of fused-ring (bicyclic) bond motifs is 1. The summed E-state index contributed by atoms with van der Waals surface area (Å²) in [4.78, 5) is 4.58. The van der Waals surface area contributed by atoms with Crippen LogP contribution in [0, 0.1) is 11.8 Å². The van der Waals surface area contributed by atoms with E-state index >= 15 is 0 Å². The van der Waals surface area contributed by atoms with E-state index in [1.165, 1.54) is 0 Å². The van der Waals surface area contributed by atoms with Gasteiger partial charge < -0.3 is 5.11 Å². The largest absolute Gasteiger partial charge is 0.507 e. The molecule has 1 heterocycles. The number of para-hydroxylation sites is 1. The van der Waals surface area contributed by atoms with E-state index in [1.54, 1.807) is 17.4 Å². The normalized spacial score (nSPS) is 10.4. The number of hydrogen-bond donors (Lipinski definition) is 1. The summed E-state index contributed by atoms with van der Waals surface area (Å²) < 4.78 is 1.13. The summed E-state index contributed by atoms with van der Waals surface area (Å²) in [5.74, 6) is 6.47. The van der Waals surface area contributed by atoms with Crippen molar-refractivity contribution in [1.29, 1.82) is 0 Å². The zero-order valence-corrected chi connectivity index (χ0v) is 13.3. The van der Waals surface area contributed by atoms with Crippen LogP contribution in [-0.4, -0.2) is 10.1 Å². The van der Waals surface area contributed by atoms with Crippen molar-refractivity contribution >= 4 is 21.6 Å². The molecule has 3 heteroatoms. The van der Waals surface area contributed by atoms with Gasteiger partial charge in [-0.15, -0.1) is 11.3 Å². The number of thiazole rings is 1. The number of unbranched alkanes of at least 4 members (excludes halogenated alkanes) is 2. The molecular weight excluding hydrogens is 290 g/mol. The van der Waals surface area contributed by atoms with E-state index in [1.807, 2.05) is 36.4 Å². The minimum atomic E-state index is 0.237. The molecule has 22 heavy (non-hydrogen) atoms. The maximum atomic E-state index is 10.3. The fourth-order valence-electron chi connectivity index (χ4n) is 2.21. The fraction of sp³-hybridized carbons (Fsp3) is 0.211. The van der Waals surface area contributed by atoms with Gasteiger partial charge in [0.15, 0.2) is 0 Å². The van der Waals surface area contributed by atoms with Crippen LogP contribution in [0.15, 0.2) is 42.5 Å². The molecule has 0 aliphatic heterocycles. The van der Waals surface area contributed by atoms with Crippen LogP contribution < -0.4 is 0 Å². The second kappa shape index (κ2) is 6.64. The van der Waals surface area contributed by atoms with E-state index in [0.29, 0.717) is 0 Å². The molecular formula is C19H17NOS. The molecule has 110 valence electrons. The number of nitrogens with zero attached hydrogens (tertiary/aromatic N) is 1. The van der Waals surface area contributed by atoms with Crippen LogP contribution in [0.2, 0.25) is 0 Å². The molecule has 0 saturated heterocycles. The number of phenolic OH excluding ortho intramolecular Hbond substituents is 1. The van der Waals surface area contributed by atoms with Crippen molar-refractivity contribution < 1.29 is 5.11 Å². The quantitative estimate of drug-likeness (QED) is 0.532. The minimum absolute atomic E-state index is 0.237. The molecule has 0 atom stereocenters. The monoisotopic (exact) mass is 307 g/mol. The first kappa shape index (κ1) is 14.6. The Kier molecular flexibility index (Phi) is 4.41. The van der Waals surface area contributed by atoms with Gasteiger partial charge in [-0.3, -0.25) is 0 Å². The topological polar surface area (TPSA) is 33.1 Å². The third kappa shape index (κ3) is 3.13. The summed E-state index contributed by atoms with van der Waals surface area (Å²) in [6.45, 7) is 2.15. The van der Waals surface area contributed by atoms with Crippen LogP contribution in [0.4, 0.5) is 0 Å². The zero-order chi connectivity index (χ0) is 15.4. The van der Waals surface area contributed by atoms with E-state index < -0.39 is 0 Å². The maximum Gasteiger partial charge on any atom is 0.128 e. The molecule has 0 aliphatic carbocycles. The van der Waals surface area contributed by atoms with Crippen LogP contribution in [0.5, 0.6) is 5.75 Å². The molecule has 3 aromatic rings. The summed E-state index contributed by atoms with van der Waals surface area (Å²) in [5, 5.41) is 11.1. The van der Waals surface area contributed by atoms with Crippen LogP contribution in [0.25, 0.3) is 20.8 Å². The van der Waals surface area contributed by atoms with Crippen molar-refractivity contribution in [2.45, 2.75) is 26.2 Å². The molecule has 0 bridgehead atoms. The highest BCUT2D eigenvalue weighted by molar-refractivity contribution is 7.21. The third-order valence-electron chi connectivity index (χ3n) is 3.41. The van der Waals surface area contributed by atoms with Crippen LogP contribution >= 0.6 is 11.3 Å². The summed E-state index contributed by atoms with van der Waals surface area (Å²) in [6, 6.07) is 13.6. The summed E-state index contributed by atoms with van der Waals surface area (Å²) in [7, 11) is 0. The van der Waals surface area contributed by atoms with Crippen molar-refractivity contribution in [3.63, 3.8) is 0 Å². The molecule has 1 N–H and O–H groups in total. The predicted octanol–water partition coefficient (Wildman–Crippen LogP) is 5.21. The van der Waals surface area contributed by atoms with E-state index in [2.05, 4.69) is 23.7 Å². The molecule has 0 saturated carbocycles. The second-order valence-corrected chi connectivity index (χ2v) is 6.15. The Hall–Kier alpha value is -2.31. The lowest BCUT2D eigenvalue weighted by molar-refractivity contribution is 0.477. The zero-order valence-electron chi connectivity index (χ0n) is 12.5. The van der Waals surface area contributed by atoms with Gasteiger partial charge in [-0.2, -0.15) is 0 Å². The van der Waals surface area contributed by atoms with Crippen LogP contribution in [0.3, 0.4) is 0 Å². The molecule has 2 aromatic carbocycles. The maximum absolute atomic E-state index is 10.3. The minimum Gasteiger partial charge on any atom is -0.507 e. The lowest BCUT2D eigenvalue weighted by Crippen LogP contribution is -1.81. The van der Waals surface area contributed by atoms with Crippen molar-refractivity contribution in [1.82, 2.24) is 4.98 Å². The molecule has 0 amide bonds. The molecule has 0 radical (unpaired) electrons. The first-order valence-corrected chi connectivity index (χ1v) is 8.27. The summed E-state index contributed by atoms with van der Waals surface area (Å²) >= 11 is 1.59. The Morgan fingerprint density at radius 2 is 2.05 bits per heavy atom. The number of phenols is 1. The van der Waals surface area contributed by atoms with E-state index in [4.69, 9.17) is 0 Å². The number of aromatic nitrogens is 1. The summed E-state index contributed by atoms with van der Waals surface area (Å²) in [6.07, 6.45) is 3.16. The van der Waals surface area contributed by atoms with Gasteiger partial charge in [0.2, 0.25) is 0 Å². The number of benzene rings is 2. The Morgan fingerprint density at radius 3 is 2.82 bits per heavy atom. The highest BCUT2D eigenvalue weighted by atomic mass is 32.1. The molecule has 1 aromatic heterocycles. The lowest BCUT2D eigenvalue weighted by Gasteiger charge is -2.01. The van der Waals surface area contributed by atoms with Gasteiger partial charge in [0.25, 0.3) is 0 Å². The first-order valence-electron chi connectivity index (χ1n) is 7.46. The fourth-order valence-corrected chi connectivity index (χ4v) is 3.21. The molecule has 0 spiro atoms. The van der Waals surface area contributed by atoms with Gasteiger partial charge in [-0.25, -0.2) is 4.98 Å². The number of aromatic hydroxyl groups is 1. The highest BCUT2D eigenvalue weighted by Crippen LogP contribution is 2.35. The van der Waals surface area contributed by atoms with Crippen molar-refractivity contribution in [3.8, 4) is 28.2 Å². The number of hydrogen-bond acceptors (Lipinski definition) is 3. The molecule has 0 unspecified atom stereocenters. The smallest absolute Gasteiger partial charge is 0.128 e. The Labute approximate surface area is 134 Å². The van der Waals surface area contributed by atoms with Crippen LogP contribution in [0.1, 0.15) is 31.7 Å². The predicted molar refractivity (Wildman–Crippen MR) is 93.1 cm³/mol. The van der Waals surface area contributed by atoms with Gasteiger partial charge in [-0.1, -0.05) is 37.3 Å². The van der Waals surface area contributed by atoms with Gasteiger partial charge in [0, 0.05) is 12.0 Å². The average Bonchev–Trinajstić information content (AvgIpc) is 2.95. The van der Waals surface area contributed by atoms with E-state index in [0.717, 1.165) is 45.6 Å². The van der Waals surface area contributed by atoms with Crippen molar-refractivity contribution in [3.05, 3.63) is 48.0 Å². The Morgan fingerprint density at radius 1 is 1.18 bits per heavy atom. The van der Waals surface area contributed by atoms with E-state index in [-0.39, 0.29) is 5.75 Å². The lowest BCUT2D eigenvalue weighted by atomic mass is 10.1. The Bertz CT molecular complexity index is 821. The Balaban J connectivity index is 1.89. The molecule has 3 rings (SSSR count). The first-order chi connectivity index (χ1) is 10.8. The number of rotatable bonds is 3. The van der Waals surface area contributed by atoms with Crippen molar-refractivity contribution in [2.75, 3.05) is 0 Å². The molecule has 0 aliphatic rings. The second-order valence-electron chi connectivity index (χ2n) is 5.12. The SMILES string of the molecule is CCCCC#Cc1ccc(-c2nc3ccccc3s2)c(O)c1. The van der Waals surface area contributed by atoms with Crippen LogP contribution in [-0.2, 0) is 0 Å². The van der Waals surface area contributed by atoms with Crippen molar-refractivity contribution in [2.24, 2.45) is 0 Å². The third-order valence-corrected chi connectivity index (χ3v) is 4.48. The highest BCUT2D eigenvalue weighted by Gasteiger charge is 2.10. The standard InChI is InChI=1S/C19H17NOS/c1-2-3-4-5-8-14-11-12-15(17(21)13-14)19-20-16-9-6-7-10-18(16)22-19/h6-7,9-13,21H,2-4H2,1H3. The average molecular weight is 307 g/mol. The van der Waals surface area contributed by atoms with Gasteiger partial charge in [0.05, 0.1) is 15.8 Å². The van der Waals surface area contributed by atoms with E-state index in [9.17, 15) is 5.11 Å². The summed E-state index contributed by atoms with van der Waals surface area (Å²) in [5.41, 5.74) is 2.57. The molecule has 0 fully saturated rings. The van der Waals surface area contributed by atoms with Gasteiger partial charge >= 0.3 is 0 Å². The van der Waals surface area contributed by atoms with Gasteiger partial charge in [0.1, 0.15) is 10.8 Å². The van der Waals surface area contributed by atoms with Gasteiger partial charge in [-0.05, 0) is 36.8 Å². The molecule has 2 nitrogen and oxygen atoms in total.